The van der Waals surface area contributed by atoms with Crippen LogP contribution in [0.5, 0.6) is 0 Å². The lowest BCUT2D eigenvalue weighted by Gasteiger charge is -2.43. The van der Waals surface area contributed by atoms with Gasteiger partial charge in [-0.25, -0.2) is 14.4 Å². The zero-order valence-electron chi connectivity index (χ0n) is 16.3. The van der Waals surface area contributed by atoms with Gasteiger partial charge in [-0.05, 0) is 43.9 Å². The molecule has 7 nitrogen and oxygen atoms in total. The molecule has 2 saturated heterocycles. The maximum atomic E-state index is 13.7. The van der Waals surface area contributed by atoms with Gasteiger partial charge in [-0.1, -0.05) is 23.2 Å². The molecule has 0 radical (unpaired) electrons. The predicted octanol–water partition coefficient (Wildman–Crippen LogP) is 3.58. The summed E-state index contributed by atoms with van der Waals surface area (Å²) in [6.07, 6.45) is 4.76. The molecule has 3 heterocycles. The first kappa shape index (κ1) is 20.9. The zero-order chi connectivity index (χ0) is 21.3. The number of nitrogens with two attached hydrogens (primary N) is 1. The molecular weight excluding hydrogens is 430 g/mol. The summed E-state index contributed by atoms with van der Waals surface area (Å²) in [7, 11) is 0. The Bertz CT molecular complexity index is 925. The van der Waals surface area contributed by atoms with Gasteiger partial charge < -0.3 is 20.9 Å². The number of carbonyl (C=O) groups is 1. The van der Waals surface area contributed by atoms with Crippen LogP contribution in [-0.2, 0) is 4.79 Å². The van der Waals surface area contributed by atoms with Gasteiger partial charge in [-0.3, -0.25) is 4.79 Å². The van der Waals surface area contributed by atoms with Crippen LogP contribution in [0.15, 0.2) is 24.5 Å². The third-order valence-corrected chi connectivity index (χ3v) is 6.19. The van der Waals surface area contributed by atoms with Crippen molar-refractivity contribution in [2.75, 3.05) is 35.6 Å². The van der Waals surface area contributed by atoms with E-state index in [-0.39, 0.29) is 17.8 Å². The number of carbonyl (C=O) groups excluding carboxylic acids is 1. The fourth-order valence-electron chi connectivity index (χ4n) is 4.23. The molecule has 2 aromatic rings. The Kier molecular flexibility index (Phi) is 6.15. The maximum absolute atomic E-state index is 13.7. The van der Waals surface area contributed by atoms with E-state index in [2.05, 4.69) is 20.2 Å². The van der Waals surface area contributed by atoms with E-state index in [0.29, 0.717) is 41.1 Å². The molecule has 2 aliphatic rings. The Balaban J connectivity index is 1.47. The quantitative estimate of drug-likeness (QED) is 0.736. The van der Waals surface area contributed by atoms with Gasteiger partial charge in [0.1, 0.15) is 29.0 Å². The van der Waals surface area contributed by atoms with Crippen molar-refractivity contribution in [2.24, 2.45) is 0 Å². The summed E-state index contributed by atoms with van der Waals surface area (Å²) in [4.78, 5) is 25.4. The highest BCUT2D eigenvalue weighted by molar-refractivity contribution is 6.35. The number of hydrogen-bond acceptors (Lipinski definition) is 6. The number of nitrogens with one attached hydrogen (secondary N) is 1. The summed E-state index contributed by atoms with van der Waals surface area (Å²) >= 11 is 12.2. The second-order valence-electron chi connectivity index (χ2n) is 7.67. The molecule has 2 aliphatic heterocycles. The molecular formula is C20H23Cl2FN6O. The van der Waals surface area contributed by atoms with Crippen LogP contribution in [0.2, 0.25) is 10.0 Å². The van der Waals surface area contributed by atoms with E-state index in [1.54, 1.807) is 6.07 Å². The summed E-state index contributed by atoms with van der Waals surface area (Å²) in [5.74, 6) is 0.425. The lowest BCUT2D eigenvalue weighted by atomic mass is 9.97. The van der Waals surface area contributed by atoms with Crippen molar-refractivity contribution in [3.05, 3.63) is 40.4 Å². The molecule has 0 spiro atoms. The van der Waals surface area contributed by atoms with Gasteiger partial charge in [0.25, 0.3) is 0 Å². The van der Waals surface area contributed by atoms with E-state index in [1.165, 1.54) is 18.5 Å². The largest absolute Gasteiger partial charge is 0.382 e. The number of amides is 1. The summed E-state index contributed by atoms with van der Waals surface area (Å²) in [6, 6.07) is 3.84. The third kappa shape index (κ3) is 4.39. The van der Waals surface area contributed by atoms with Crippen molar-refractivity contribution in [3.8, 4) is 0 Å². The predicted molar refractivity (Wildman–Crippen MR) is 116 cm³/mol. The van der Waals surface area contributed by atoms with Crippen LogP contribution < -0.4 is 16.0 Å². The third-order valence-electron chi connectivity index (χ3n) is 5.61. The Hall–Kier alpha value is -2.32. The van der Waals surface area contributed by atoms with Crippen molar-refractivity contribution in [1.29, 1.82) is 0 Å². The van der Waals surface area contributed by atoms with E-state index in [9.17, 15) is 9.18 Å². The second kappa shape index (κ2) is 8.81. The first-order valence-electron chi connectivity index (χ1n) is 9.96. The van der Waals surface area contributed by atoms with Crippen LogP contribution in [0.3, 0.4) is 0 Å². The van der Waals surface area contributed by atoms with E-state index >= 15 is 0 Å². The van der Waals surface area contributed by atoms with Gasteiger partial charge in [0.2, 0.25) is 5.91 Å². The van der Waals surface area contributed by atoms with Gasteiger partial charge >= 0.3 is 0 Å². The number of aromatic nitrogens is 2. The van der Waals surface area contributed by atoms with Crippen molar-refractivity contribution in [2.45, 2.75) is 37.8 Å². The molecule has 0 bridgehead atoms. The number of rotatable bonds is 4. The minimum Gasteiger partial charge on any atom is -0.382 e. The van der Waals surface area contributed by atoms with E-state index in [1.807, 2.05) is 4.90 Å². The van der Waals surface area contributed by atoms with E-state index in [4.69, 9.17) is 28.9 Å². The fourth-order valence-corrected chi connectivity index (χ4v) is 4.67. The number of nitrogen functional groups attached to an aromatic ring is 1. The van der Waals surface area contributed by atoms with E-state index < -0.39 is 11.9 Å². The van der Waals surface area contributed by atoms with Crippen LogP contribution in [-0.4, -0.2) is 52.5 Å². The summed E-state index contributed by atoms with van der Waals surface area (Å²) in [5.41, 5.74) is 6.33. The standard InChI is InChI=1S/C20H23Cl2FN6O/c21-12-7-13(23)9-14(8-12)27-16-4-2-6-29(20(16)30)15-3-1-5-28(10-15)19-17(22)18(24)25-11-26-19/h7-9,11,15-16,27H,1-6,10H2,(H2,24,25,26). The first-order valence-corrected chi connectivity index (χ1v) is 10.7. The number of halogens is 3. The van der Waals surface area contributed by atoms with Crippen molar-refractivity contribution in [3.63, 3.8) is 0 Å². The van der Waals surface area contributed by atoms with Crippen LogP contribution >= 0.6 is 23.2 Å². The Morgan fingerprint density at radius 2 is 1.93 bits per heavy atom. The first-order chi connectivity index (χ1) is 14.4. The van der Waals surface area contributed by atoms with Crippen molar-refractivity contribution < 1.29 is 9.18 Å². The highest BCUT2D eigenvalue weighted by atomic mass is 35.5. The maximum Gasteiger partial charge on any atom is 0.245 e. The van der Waals surface area contributed by atoms with Gasteiger partial charge in [0.15, 0.2) is 5.82 Å². The topological polar surface area (TPSA) is 87.4 Å². The molecule has 4 rings (SSSR count). The second-order valence-corrected chi connectivity index (χ2v) is 8.48. The van der Waals surface area contributed by atoms with Crippen LogP contribution in [0, 0.1) is 5.82 Å². The number of piperidine rings is 2. The zero-order valence-corrected chi connectivity index (χ0v) is 17.8. The Morgan fingerprint density at radius 1 is 1.13 bits per heavy atom. The SMILES string of the molecule is Nc1ncnc(N2CCCC(N3CCCC(Nc4cc(F)cc(Cl)c4)C3=O)C2)c1Cl. The number of benzene rings is 1. The molecule has 2 fully saturated rings. The normalized spacial score (nSPS) is 22.3. The number of hydrogen-bond donors (Lipinski definition) is 2. The number of anilines is 3. The van der Waals surface area contributed by atoms with Gasteiger partial charge in [-0.2, -0.15) is 0 Å². The molecule has 2 atom stereocenters. The van der Waals surface area contributed by atoms with Crippen molar-refractivity contribution in [1.82, 2.24) is 14.9 Å². The molecule has 1 amide bonds. The van der Waals surface area contributed by atoms with Gasteiger partial charge in [0, 0.05) is 36.4 Å². The Labute approximate surface area is 184 Å². The van der Waals surface area contributed by atoms with Crippen LogP contribution in [0.4, 0.5) is 21.7 Å². The number of nitrogens with zero attached hydrogens (tertiary/aromatic N) is 4. The minimum atomic E-state index is -0.436. The lowest BCUT2D eigenvalue weighted by molar-refractivity contribution is -0.137. The van der Waals surface area contributed by atoms with Gasteiger partial charge in [-0.15, -0.1) is 0 Å². The summed E-state index contributed by atoms with van der Waals surface area (Å²) in [6.45, 7) is 2.11. The van der Waals surface area contributed by atoms with Crippen molar-refractivity contribution >= 4 is 46.4 Å². The van der Waals surface area contributed by atoms with Crippen LogP contribution in [0.25, 0.3) is 0 Å². The molecule has 1 aromatic carbocycles. The highest BCUT2D eigenvalue weighted by Crippen LogP contribution is 2.31. The lowest BCUT2D eigenvalue weighted by Crippen LogP contribution is -2.56. The monoisotopic (exact) mass is 452 g/mol. The highest BCUT2D eigenvalue weighted by Gasteiger charge is 2.36. The molecule has 3 N–H and O–H groups in total. The van der Waals surface area contributed by atoms with Gasteiger partial charge in [0.05, 0.1) is 0 Å². The number of likely N-dealkylation sites (tertiary alicyclic amines) is 1. The molecule has 160 valence electrons. The van der Waals surface area contributed by atoms with Crippen LogP contribution in [0.1, 0.15) is 25.7 Å². The van der Waals surface area contributed by atoms with E-state index in [0.717, 1.165) is 25.8 Å². The fraction of sp³-hybridized carbons (Fsp3) is 0.450. The molecule has 30 heavy (non-hydrogen) atoms. The smallest absolute Gasteiger partial charge is 0.245 e. The summed E-state index contributed by atoms with van der Waals surface area (Å²) in [5, 5.41) is 3.78. The molecule has 10 heteroatoms. The Morgan fingerprint density at radius 3 is 2.73 bits per heavy atom. The summed E-state index contributed by atoms with van der Waals surface area (Å²) < 4.78 is 13.7. The molecule has 1 aromatic heterocycles. The molecule has 0 aliphatic carbocycles. The molecule has 0 saturated carbocycles. The molecule has 2 unspecified atom stereocenters. The average Bonchev–Trinajstić information content (AvgIpc) is 2.71. The minimum absolute atomic E-state index is 0.0155. The average molecular weight is 453 g/mol.